The molecule has 4 aromatic rings. The van der Waals surface area contributed by atoms with Crippen molar-refractivity contribution < 1.29 is 14.3 Å². The van der Waals surface area contributed by atoms with E-state index >= 15 is 0 Å². The maximum absolute atomic E-state index is 12.5. The lowest BCUT2D eigenvalue weighted by Gasteiger charge is -2.09. The van der Waals surface area contributed by atoms with Gasteiger partial charge in [-0.1, -0.05) is 29.0 Å². The van der Waals surface area contributed by atoms with Crippen LogP contribution < -0.4 is 5.32 Å². The zero-order chi connectivity index (χ0) is 19.8. The summed E-state index contributed by atoms with van der Waals surface area (Å²) in [6.07, 6.45) is 0.644. The minimum atomic E-state index is -0.341. The minimum Gasteiger partial charge on any atom is -0.508 e. The molecule has 0 atom stereocenters. The summed E-state index contributed by atoms with van der Waals surface area (Å²) in [7, 11) is 0. The van der Waals surface area contributed by atoms with Gasteiger partial charge in [0.25, 0.3) is 5.91 Å². The van der Waals surface area contributed by atoms with Crippen molar-refractivity contribution in [1.82, 2.24) is 4.98 Å². The van der Waals surface area contributed by atoms with E-state index in [4.69, 9.17) is 4.42 Å². The second-order valence-electron chi connectivity index (χ2n) is 6.95. The Labute approximate surface area is 166 Å². The molecule has 0 saturated heterocycles. The first-order chi connectivity index (χ1) is 13.4. The molecule has 28 heavy (non-hydrogen) atoms. The number of phenols is 1. The molecular weight excluding hydrogens is 372 g/mol. The van der Waals surface area contributed by atoms with Gasteiger partial charge < -0.3 is 9.52 Å². The van der Waals surface area contributed by atoms with Crippen molar-refractivity contribution in [3.05, 3.63) is 76.2 Å². The summed E-state index contributed by atoms with van der Waals surface area (Å²) in [5, 5.41) is 12.8. The fourth-order valence-corrected chi connectivity index (χ4v) is 4.28. The number of aromatic nitrogens is 1. The monoisotopic (exact) mass is 392 g/mol. The molecule has 2 aromatic heterocycles. The van der Waals surface area contributed by atoms with E-state index < -0.39 is 0 Å². The molecule has 0 radical (unpaired) electrons. The standard InChI is InChI=1S/C22H20N2O3S/c1-12-8-13(2)17(14(3)9-12)11-16-5-7-19(27-16)21(26)24-22-23-18-6-4-15(25)10-20(18)28-22/h4-10,25H,11H2,1-3H3,(H,23,24,26). The Balaban J connectivity index is 1.51. The SMILES string of the molecule is Cc1cc(C)c(Cc2ccc(C(=O)Nc3nc4ccc(O)cc4s3)o2)c(C)c1. The molecule has 4 rings (SSSR count). The summed E-state index contributed by atoms with van der Waals surface area (Å²) in [4.78, 5) is 16.9. The number of benzene rings is 2. The third-order valence-electron chi connectivity index (χ3n) is 4.67. The molecule has 142 valence electrons. The fraction of sp³-hybridized carbons (Fsp3) is 0.182. The Morgan fingerprint density at radius 2 is 1.86 bits per heavy atom. The van der Waals surface area contributed by atoms with Crippen LogP contribution in [0.15, 0.2) is 46.9 Å². The maximum atomic E-state index is 12.5. The lowest BCUT2D eigenvalue weighted by atomic mass is 9.97. The Kier molecular flexibility index (Phi) is 4.65. The molecule has 0 fully saturated rings. The Morgan fingerprint density at radius 3 is 2.61 bits per heavy atom. The lowest BCUT2D eigenvalue weighted by Crippen LogP contribution is -2.10. The van der Waals surface area contributed by atoms with Crippen LogP contribution in [0.5, 0.6) is 5.75 Å². The third kappa shape index (κ3) is 3.64. The van der Waals surface area contributed by atoms with Gasteiger partial charge in [-0.3, -0.25) is 10.1 Å². The molecular formula is C22H20N2O3S. The zero-order valence-corrected chi connectivity index (χ0v) is 16.7. The van der Waals surface area contributed by atoms with E-state index in [1.54, 1.807) is 24.3 Å². The predicted octanol–water partition coefficient (Wildman–Crippen LogP) is 5.36. The molecule has 0 aliphatic heterocycles. The predicted molar refractivity (Wildman–Crippen MR) is 111 cm³/mol. The van der Waals surface area contributed by atoms with Crippen LogP contribution in [-0.4, -0.2) is 16.0 Å². The van der Waals surface area contributed by atoms with Gasteiger partial charge in [-0.05, 0) is 67.8 Å². The molecule has 0 aliphatic rings. The van der Waals surface area contributed by atoms with Gasteiger partial charge in [-0.15, -0.1) is 0 Å². The molecule has 0 aliphatic carbocycles. The van der Waals surface area contributed by atoms with Crippen molar-refractivity contribution in [2.24, 2.45) is 0 Å². The van der Waals surface area contributed by atoms with Crippen LogP contribution in [0.25, 0.3) is 10.2 Å². The van der Waals surface area contributed by atoms with Gasteiger partial charge in [0.05, 0.1) is 10.2 Å². The average molecular weight is 392 g/mol. The van der Waals surface area contributed by atoms with Gasteiger partial charge in [0, 0.05) is 6.42 Å². The highest BCUT2D eigenvalue weighted by Gasteiger charge is 2.15. The number of carbonyl (C=O) groups is 1. The topological polar surface area (TPSA) is 75.4 Å². The first kappa shape index (κ1) is 18.3. The van der Waals surface area contributed by atoms with Crippen molar-refractivity contribution in [2.75, 3.05) is 5.32 Å². The number of phenolic OH excluding ortho intramolecular Hbond substituents is 1. The van der Waals surface area contributed by atoms with Crippen molar-refractivity contribution in [3.8, 4) is 5.75 Å². The van der Waals surface area contributed by atoms with E-state index in [1.807, 2.05) is 6.07 Å². The highest BCUT2D eigenvalue weighted by molar-refractivity contribution is 7.22. The molecule has 0 unspecified atom stereocenters. The van der Waals surface area contributed by atoms with Crippen LogP contribution in [-0.2, 0) is 6.42 Å². The number of hydrogen-bond acceptors (Lipinski definition) is 5. The van der Waals surface area contributed by atoms with E-state index in [-0.39, 0.29) is 17.4 Å². The van der Waals surface area contributed by atoms with Crippen LogP contribution >= 0.6 is 11.3 Å². The van der Waals surface area contributed by atoms with Gasteiger partial charge >= 0.3 is 0 Å². The highest BCUT2D eigenvalue weighted by Crippen LogP contribution is 2.29. The lowest BCUT2D eigenvalue weighted by molar-refractivity contribution is 0.0995. The molecule has 2 aromatic carbocycles. The summed E-state index contributed by atoms with van der Waals surface area (Å²) in [6, 6.07) is 12.7. The molecule has 0 bridgehead atoms. The van der Waals surface area contributed by atoms with Gasteiger partial charge in [0.1, 0.15) is 11.5 Å². The first-order valence-electron chi connectivity index (χ1n) is 8.95. The van der Waals surface area contributed by atoms with Crippen molar-refractivity contribution >= 4 is 32.6 Å². The van der Waals surface area contributed by atoms with Crippen LogP contribution in [0.4, 0.5) is 5.13 Å². The van der Waals surface area contributed by atoms with E-state index in [1.165, 1.54) is 33.6 Å². The van der Waals surface area contributed by atoms with Crippen LogP contribution in [0.2, 0.25) is 0 Å². The number of nitrogens with zero attached hydrogens (tertiary/aromatic N) is 1. The summed E-state index contributed by atoms with van der Waals surface area (Å²) >= 11 is 1.30. The molecule has 5 nitrogen and oxygen atoms in total. The maximum Gasteiger partial charge on any atom is 0.293 e. The number of rotatable bonds is 4. The highest BCUT2D eigenvalue weighted by atomic mass is 32.1. The molecule has 0 spiro atoms. The molecule has 2 heterocycles. The van der Waals surface area contributed by atoms with Crippen LogP contribution in [0.1, 0.15) is 38.6 Å². The second kappa shape index (κ2) is 7.13. The van der Waals surface area contributed by atoms with E-state index in [2.05, 4.69) is 43.2 Å². The summed E-state index contributed by atoms with van der Waals surface area (Å²) in [5.74, 6) is 0.826. The average Bonchev–Trinajstić information content (AvgIpc) is 3.24. The van der Waals surface area contributed by atoms with Gasteiger partial charge in [0.2, 0.25) is 0 Å². The van der Waals surface area contributed by atoms with E-state index in [9.17, 15) is 9.90 Å². The number of hydrogen-bond donors (Lipinski definition) is 2. The Morgan fingerprint density at radius 1 is 1.11 bits per heavy atom. The van der Waals surface area contributed by atoms with Gasteiger partial charge in [0.15, 0.2) is 10.9 Å². The number of anilines is 1. The number of amides is 1. The number of aryl methyl sites for hydroxylation is 3. The number of fused-ring (bicyclic) bond motifs is 1. The molecule has 1 amide bonds. The van der Waals surface area contributed by atoms with Crippen LogP contribution in [0, 0.1) is 20.8 Å². The number of thiazole rings is 1. The smallest absolute Gasteiger partial charge is 0.293 e. The summed E-state index contributed by atoms with van der Waals surface area (Å²) < 4.78 is 6.59. The van der Waals surface area contributed by atoms with Crippen molar-refractivity contribution in [3.63, 3.8) is 0 Å². The zero-order valence-electron chi connectivity index (χ0n) is 15.9. The van der Waals surface area contributed by atoms with Crippen molar-refractivity contribution in [1.29, 1.82) is 0 Å². The minimum absolute atomic E-state index is 0.173. The second-order valence-corrected chi connectivity index (χ2v) is 7.98. The Bertz CT molecular complexity index is 1170. The fourth-order valence-electron chi connectivity index (χ4n) is 3.38. The quantitative estimate of drug-likeness (QED) is 0.490. The van der Waals surface area contributed by atoms with E-state index in [0.29, 0.717) is 11.6 Å². The number of nitrogens with one attached hydrogen (secondary N) is 1. The number of carbonyl (C=O) groups excluding carboxylic acids is 1. The Hall–Kier alpha value is -3.12. The van der Waals surface area contributed by atoms with Crippen LogP contribution in [0.3, 0.4) is 0 Å². The molecule has 2 N–H and O–H groups in total. The normalized spacial score (nSPS) is 11.1. The van der Waals surface area contributed by atoms with Gasteiger partial charge in [-0.25, -0.2) is 4.98 Å². The number of aromatic hydroxyl groups is 1. The molecule has 0 saturated carbocycles. The molecule has 6 heteroatoms. The van der Waals surface area contributed by atoms with Gasteiger partial charge in [-0.2, -0.15) is 0 Å². The van der Waals surface area contributed by atoms with Crippen molar-refractivity contribution in [2.45, 2.75) is 27.2 Å². The number of furan rings is 1. The third-order valence-corrected chi connectivity index (χ3v) is 5.60. The largest absolute Gasteiger partial charge is 0.508 e. The summed E-state index contributed by atoms with van der Waals surface area (Å²) in [5.41, 5.74) is 5.62. The summed E-state index contributed by atoms with van der Waals surface area (Å²) in [6.45, 7) is 6.27. The first-order valence-corrected chi connectivity index (χ1v) is 9.77. The van der Waals surface area contributed by atoms with E-state index in [0.717, 1.165) is 16.0 Å².